The fraction of sp³-hybridized carbons (Fsp3) is 0.909. The summed E-state index contributed by atoms with van der Waals surface area (Å²) in [6.07, 6.45) is 4.68. The molecule has 0 radical (unpaired) electrons. The van der Waals surface area contributed by atoms with Crippen molar-refractivity contribution in [2.45, 2.75) is 51.2 Å². The highest BCUT2D eigenvalue weighted by Gasteiger charge is 2.28. The maximum atomic E-state index is 12.0. The van der Waals surface area contributed by atoms with Crippen LogP contribution in [0.4, 0.5) is 0 Å². The van der Waals surface area contributed by atoms with Crippen molar-refractivity contribution in [1.29, 1.82) is 0 Å². The summed E-state index contributed by atoms with van der Waals surface area (Å²) in [5.74, 6) is 0. The van der Waals surface area contributed by atoms with Crippen LogP contribution in [0.1, 0.15) is 38.6 Å². The van der Waals surface area contributed by atoms with Crippen LogP contribution in [0.2, 0.25) is 0 Å². The minimum Gasteiger partial charge on any atom is -0.299 e. The Hall–Kier alpha value is -1.17. The van der Waals surface area contributed by atoms with Crippen molar-refractivity contribution in [3.05, 3.63) is 10.5 Å². The van der Waals surface area contributed by atoms with E-state index < -0.39 is 0 Å². The van der Waals surface area contributed by atoms with Gasteiger partial charge in [0.2, 0.25) is 0 Å². The van der Waals surface area contributed by atoms with Gasteiger partial charge in [0.15, 0.2) is 0 Å². The Balaban J connectivity index is 1.69. The zero-order valence-corrected chi connectivity index (χ0v) is 10.2. The molecule has 0 spiro atoms. The maximum Gasteiger partial charge on any atom is 0.363 e. The summed E-state index contributed by atoms with van der Waals surface area (Å²) in [7, 11) is 0. The lowest BCUT2D eigenvalue weighted by molar-refractivity contribution is 0.227. The summed E-state index contributed by atoms with van der Waals surface area (Å²) in [5, 5.41) is 7.93. The maximum absolute atomic E-state index is 12.0. The van der Waals surface area contributed by atoms with Crippen molar-refractivity contribution >= 4 is 0 Å². The minimum absolute atomic E-state index is 0.0430. The molecule has 0 amide bonds. The first kappa shape index (κ1) is 11.0. The number of rotatable bonds is 4. The average molecular weight is 237 g/mol. The summed E-state index contributed by atoms with van der Waals surface area (Å²) in [6, 6.07) is 0.692. The zero-order chi connectivity index (χ0) is 11.8. The number of nitrogens with zero attached hydrogens (tertiary/aromatic N) is 5. The summed E-state index contributed by atoms with van der Waals surface area (Å²) >= 11 is 0. The summed E-state index contributed by atoms with van der Waals surface area (Å²) in [4.78, 5) is 14.4. The smallest absolute Gasteiger partial charge is 0.299 e. The molecule has 0 N–H and O–H groups in total. The molecule has 1 aliphatic carbocycles. The van der Waals surface area contributed by atoms with Gasteiger partial charge in [0.25, 0.3) is 0 Å². The molecular formula is C11H19N5O. The molecule has 17 heavy (non-hydrogen) atoms. The van der Waals surface area contributed by atoms with Crippen molar-refractivity contribution in [3.8, 4) is 0 Å². The van der Waals surface area contributed by atoms with E-state index in [1.807, 2.05) is 0 Å². The molecule has 1 aromatic rings. The average Bonchev–Trinajstić information content (AvgIpc) is 2.89. The van der Waals surface area contributed by atoms with Crippen molar-refractivity contribution in [2.75, 3.05) is 13.1 Å². The van der Waals surface area contributed by atoms with Crippen LogP contribution in [0.3, 0.4) is 0 Å². The topological polar surface area (TPSA) is 56.0 Å². The third-order valence-corrected chi connectivity index (χ3v) is 3.76. The molecule has 1 atom stereocenters. The molecule has 6 heteroatoms. The minimum atomic E-state index is -0.0430. The number of hydrogen-bond acceptors (Lipinski definition) is 4. The molecule has 2 fully saturated rings. The number of aromatic nitrogens is 4. The molecule has 0 aromatic carbocycles. The zero-order valence-electron chi connectivity index (χ0n) is 10.2. The standard InChI is InChI=1S/C11H19N5O/c1-9(14-6-2-3-7-14)8-15-11(17)16(13-12-15)10-4-5-10/h9-10H,2-8H2,1H3. The van der Waals surface area contributed by atoms with E-state index in [2.05, 4.69) is 22.3 Å². The third kappa shape index (κ3) is 2.13. The Morgan fingerprint density at radius 3 is 2.65 bits per heavy atom. The first-order chi connectivity index (χ1) is 8.25. The van der Waals surface area contributed by atoms with Crippen molar-refractivity contribution < 1.29 is 0 Å². The molecule has 1 saturated carbocycles. The van der Waals surface area contributed by atoms with Gasteiger partial charge in [-0.05, 0) is 56.1 Å². The molecule has 0 bridgehead atoms. The Bertz CT molecular complexity index is 441. The molecule has 1 aromatic heterocycles. The van der Waals surface area contributed by atoms with E-state index in [0.29, 0.717) is 18.6 Å². The van der Waals surface area contributed by atoms with Crippen LogP contribution in [0.25, 0.3) is 0 Å². The lowest BCUT2D eigenvalue weighted by atomic mass is 10.3. The molecule has 1 saturated heterocycles. The molecule has 2 aliphatic rings. The van der Waals surface area contributed by atoms with Gasteiger partial charge in [-0.25, -0.2) is 4.79 Å². The second kappa shape index (κ2) is 4.25. The quantitative estimate of drug-likeness (QED) is 0.753. The van der Waals surface area contributed by atoms with Gasteiger partial charge in [0, 0.05) is 6.04 Å². The third-order valence-electron chi connectivity index (χ3n) is 3.76. The Labute approximate surface area is 100 Å². The van der Waals surface area contributed by atoms with E-state index in [-0.39, 0.29) is 5.69 Å². The monoisotopic (exact) mass is 237 g/mol. The van der Waals surface area contributed by atoms with Gasteiger partial charge >= 0.3 is 5.69 Å². The fourth-order valence-corrected chi connectivity index (χ4v) is 2.50. The van der Waals surface area contributed by atoms with E-state index in [4.69, 9.17) is 0 Å². The van der Waals surface area contributed by atoms with E-state index in [1.165, 1.54) is 22.2 Å². The number of likely N-dealkylation sites (tertiary alicyclic amines) is 1. The Morgan fingerprint density at radius 1 is 1.29 bits per heavy atom. The van der Waals surface area contributed by atoms with Gasteiger partial charge in [0.1, 0.15) is 0 Å². The van der Waals surface area contributed by atoms with Gasteiger partial charge in [0.05, 0.1) is 12.6 Å². The van der Waals surface area contributed by atoms with E-state index in [1.54, 1.807) is 0 Å². The van der Waals surface area contributed by atoms with Gasteiger partial charge in [-0.3, -0.25) is 4.90 Å². The highest BCUT2D eigenvalue weighted by atomic mass is 16.2. The van der Waals surface area contributed by atoms with Crippen molar-refractivity contribution in [3.63, 3.8) is 0 Å². The van der Waals surface area contributed by atoms with Crippen molar-refractivity contribution in [1.82, 2.24) is 24.7 Å². The second-order valence-electron chi connectivity index (χ2n) is 5.21. The van der Waals surface area contributed by atoms with Gasteiger partial charge in [-0.1, -0.05) is 0 Å². The van der Waals surface area contributed by atoms with Crippen LogP contribution in [0, 0.1) is 0 Å². The first-order valence-electron chi connectivity index (χ1n) is 6.52. The van der Waals surface area contributed by atoms with Crippen LogP contribution in [-0.4, -0.2) is 43.8 Å². The molecular weight excluding hydrogens is 218 g/mol. The summed E-state index contributed by atoms with van der Waals surface area (Å²) in [5.41, 5.74) is -0.0430. The molecule has 94 valence electrons. The Morgan fingerprint density at radius 2 is 2.00 bits per heavy atom. The van der Waals surface area contributed by atoms with Crippen LogP contribution in [0.5, 0.6) is 0 Å². The van der Waals surface area contributed by atoms with Gasteiger partial charge in [-0.15, -0.1) is 0 Å². The van der Waals surface area contributed by atoms with E-state index in [0.717, 1.165) is 25.9 Å². The lowest BCUT2D eigenvalue weighted by Gasteiger charge is -2.22. The van der Waals surface area contributed by atoms with Crippen LogP contribution < -0.4 is 5.69 Å². The molecule has 2 heterocycles. The largest absolute Gasteiger partial charge is 0.363 e. The Kier molecular flexibility index (Phi) is 2.74. The predicted molar refractivity (Wildman–Crippen MR) is 62.8 cm³/mol. The summed E-state index contributed by atoms with van der Waals surface area (Å²) < 4.78 is 3.05. The molecule has 6 nitrogen and oxygen atoms in total. The van der Waals surface area contributed by atoms with Gasteiger partial charge in [-0.2, -0.15) is 9.36 Å². The summed E-state index contributed by atoms with van der Waals surface area (Å²) in [6.45, 7) is 5.11. The van der Waals surface area contributed by atoms with Crippen molar-refractivity contribution in [2.24, 2.45) is 0 Å². The van der Waals surface area contributed by atoms with Gasteiger partial charge < -0.3 is 0 Å². The van der Waals surface area contributed by atoms with Crippen LogP contribution >= 0.6 is 0 Å². The normalized spacial score (nSPS) is 23.1. The van der Waals surface area contributed by atoms with E-state index in [9.17, 15) is 4.79 Å². The highest BCUT2D eigenvalue weighted by Crippen LogP contribution is 2.32. The second-order valence-corrected chi connectivity index (χ2v) is 5.21. The molecule has 3 rings (SSSR count). The lowest BCUT2D eigenvalue weighted by Crippen LogP contribution is -2.37. The first-order valence-corrected chi connectivity index (χ1v) is 6.52. The molecule has 1 unspecified atom stereocenters. The SMILES string of the molecule is CC(Cn1nnn(C2CC2)c1=O)N1CCCC1. The highest BCUT2D eigenvalue weighted by molar-refractivity contribution is 4.81. The van der Waals surface area contributed by atoms with E-state index >= 15 is 0 Å². The van der Waals surface area contributed by atoms with Crippen LogP contribution in [0.15, 0.2) is 4.79 Å². The number of hydrogen-bond donors (Lipinski definition) is 0. The molecule has 1 aliphatic heterocycles. The number of tetrazole rings is 1. The fourth-order valence-electron chi connectivity index (χ4n) is 2.50. The van der Waals surface area contributed by atoms with Crippen LogP contribution in [-0.2, 0) is 6.54 Å². The predicted octanol–water partition coefficient (Wildman–Crippen LogP) is 0.259.